The molecule has 0 bridgehead atoms. The molecular formula is C22H23ClN2O2. The van der Waals surface area contributed by atoms with Crippen LogP contribution in [0.25, 0.3) is 0 Å². The van der Waals surface area contributed by atoms with E-state index in [9.17, 15) is 10.1 Å². The molecule has 4 rings (SSSR count). The van der Waals surface area contributed by atoms with E-state index >= 15 is 0 Å². The summed E-state index contributed by atoms with van der Waals surface area (Å²) in [5.74, 6) is 0.253. The van der Waals surface area contributed by atoms with Crippen LogP contribution >= 0.6 is 11.6 Å². The second-order valence-electron chi connectivity index (χ2n) is 8.46. The summed E-state index contributed by atoms with van der Waals surface area (Å²) in [7, 11) is 0. The maximum Gasteiger partial charge on any atom is 0.275 e. The highest BCUT2D eigenvalue weighted by molar-refractivity contribution is 6.33. The predicted molar refractivity (Wildman–Crippen MR) is 110 cm³/mol. The van der Waals surface area contributed by atoms with E-state index in [-0.39, 0.29) is 33.9 Å². The molecule has 0 saturated heterocycles. The third-order valence-corrected chi connectivity index (χ3v) is 6.09. The second kappa shape index (κ2) is 6.38. The van der Waals surface area contributed by atoms with E-state index in [0.29, 0.717) is 16.3 Å². The van der Waals surface area contributed by atoms with Gasteiger partial charge in [-0.05, 0) is 34.9 Å². The number of anilines is 1. The van der Waals surface area contributed by atoms with Crippen molar-refractivity contribution in [2.45, 2.75) is 44.6 Å². The Bertz CT molecular complexity index is 929. The molecule has 0 spiro atoms. The molecule has 1 aliphatic carbocycles. The van der Waals surface area contributed by atoms with Crippen LogP contribution in [0.2, 0.25) is 5.02 Å². The predicted octanol–water partition coefficient (Wildman–Crippen LogP) is 6.37. The molecule has 0 saturated carbocycles. The molecule has 27 heavy (non-hydrogen) atoms. The first-order valence-electron chi connectivity index (χ1n) is 9.28. The Hall–Kier alpha value is -2.33. The zero-order chi connectivity index (χ0) is 19.3. The SMILES string of the molecule is CC(C)(C)c1ccc([C@@H]2Nc3c(Cl)ccc([N+](=O)[O-])c3[C@H]3C=CC[C@@H]32)cc1. The fourth-order valence-electron chi connectivity index (χ4n) is 4.33. The number of nitrogens with one attached hydrogen (secondary N) is 1. The molecule has 1 N–H and O–H groups in total. The molecule has 0 fully saturated rings. The summed E-state index contributed by atoms with van der Waals surface area (Å²) in [5, 5.41) is 15.6. The Kier molecular flexibility index (Phi) is 4.26. The number of fused-ring (bicyclic) bond motifs is 3. The minimum atomic E-state index is -0.307. The number of rotatable bonds is 2. The van der Waals surface area contributed by atoms with Crippen molar-refractivity contribution in [2.24, 2.45) is 5.92 Å². The van der Waals surface area contributed by atoms with Crippen molar-refractivity contribution in [1.82, 2.24) is 0 Å². The summed E-state index contributed by atoms with van der Waals surface area (Å²) in [6.45, 7) is 6.60. The molecule has 2 aromatic carbocycles. The van der Waals surface area contributed by atoms with Gasteiger partial charge in [-0.25, -0.2) is 0 Å². The third-order valence-electron chi connectivity index (χ3n) is 5.78. The number of nitro benzene ring substituents is 1. The molecule has 0 unspecified atom stereocenters. The quantitative estimate of drug-likeness (QED) is 0.373. The van der Waals surface area contributed by atoms with Crippen molar-refractivity contribution in [3.8, 4) is 0 Å². The van der Waals surface area contributed by atoms with Crippen LogP contribution in [0.5, 0.6) is 0 Å². The number of allylic oxidation sites excluding steroid dienone is 2. The largest absolute Gasteiger partial charge is 0.376 e. The van der Waals surface area contributed by atoms with Crippen molar-refractivity contribution in [3.63, 3.8) is 0 Å². The van der Waals surface area contributed by atoms with Crippen LogP contribution in [0.3, 0.4) is 0 Å². The number of hydrogen-bond acceptors (Lipinski definition) is 3. The summed E-state index contributed by atoms with van der Waals surface area (Å²) in [6.07, 6.45) is 5.13. The van der Waals surface area contributed by atoms with Crippen molar-refractivity contribution in [3.05, 3.63) is 80.4 Å². The topological polar surface area (TPSA) is 55.2 Å². The van der Waals surface area contributed by atoms with E-state index in [4.69, 9.17) is 11.6 Å². The van der Waals surface area contributed by atoms with Gasteiger partial charge >= 0.3 is 0 Å². The molecule has 0 radical (unpaired) electrons. The molecule has 2 aromatic rings. The van der Waals surface area contributed by atoms with Crippen LogP contribution in [-0.4, -0.2) is 4.92 Å². The molecule has 2 aliphatic rings. The first-order valence-corrected chi connectivity index (χ1v) is 9.65. The van der Waals surface area contributed by atoms with E-state index in [1.165, 1.54) is 17.2 Å². The van der Waals surface area contributed by atoms with E-state index in [0.717, 1.165) is 6.42 Å². The normalized spacial score (nSPS) is 23.5. The molecular weight excluding hydrogens is 360 g/mol. The van der Waals surface area contributed by atoms with Crippen LogP contribution in [0.4, 0.5) is 11.4 Å². The highest BCUT2D eigenvalue weighted by atomic mass is 35.5. The monoisotopic (exact) mass is 382 g/mol. The fourth-order valence-corrected chi connectivity index (χ4v) is 4.55. The number of hydrogen-bond donors (Lipinski definition) is 1. The van der Waals surface area contributed by atoms with Crippen LogP contribution in [0.1, 0.15) is 55.8 Å². The maximum absolute atomic E-state index is 11.6. The van der Waals surface area contributed by atoms with Gasteiger partial charge in [0.25, 0.3) is 5.69 Å². The molecule has 1 heterocycles. The average Bonchev–Trinajstić information content (AvgIpc) is 3.10. The van der Waals surface area contributed by atoms with Crippen molar-refractivity contribution >= 4 is 23.0 Å². The Balaban J connectivity index is 1.79. The smallest absolute Gasteiger partial charge is 0.275 e. The van der Waals surface area contributed by atoms with Gasteiger partial charge in [0.15, 0.2) is 0 Å². The van der Waals surface area contributed by atoms with Crippen LogP contribution < -0.4 is 5.32 Å². The standard InChI is InChI=1S/C22H23ClN2O2/c1-22(2,3)14-9-7-13(8-10-14)20-16-6-4-5-15(16)19-18(25(26)27)12-11-17(23)21(19)24-20/h4-5,7-12,15-16,20,24H,6H2,1-3H3/t15-,16-,20-/m0/s1. The summed E-state index contributed by atoms with van der Waals surface area (Å²) < 4.78 is 0. The Morgan fingerprint density at radius 1 is 1.15 bits per heavy atom. The first kappa shape index (κ1) is 18.1. The summed E-state index contributed by atoms with van der Waals surface area (Å²) in [4.78, 5) is 11.3. The average molecular weight is 383 g/mol. The van der Waals surface area contributed by atoms with E-state index < -0.39 is 0 Å². The first-order chi connectivity index (χ1) is 12.8. The summed E-state index contributed by atoms with van der Waals surface area (Å²) in [6, 6.07) is 11.9. The molecule has 4 nitrogen and oxygen atoms in total. The number of benzene rings is 2. The summed E-state index contributed by atoms with van der Waals surface area (Å²) in [5.41, 5.74) is 4.14. The van der Waals surface area contributed by atoms with Gasteiger partial charge in [-0.2, -0.15) is 0 Å². The zero-order valence-electron chi connectivity index (χ0n) is 15.7. The zero-order valence-corrected chi connectivity index (χ0v) is 16.5. The van der Waals surface area contributed by atoms with Crippen molar-refractivity contribution in [1.29, 1.82) is 0 Å². The lowest BCUT2D eigenvalue weighted by Gasteiger charge is -2.37. The maximum atomic E-state index is 11.6. The highest BCUT2D eigenvalue weighted by Crippen LogP contribution is 2.54. The van der Waals surface area contributed by atoms with Gasteiger partial charge in [-0.1, -0.05) is 68.8 Å². The van der Waals surface area contributed by atoms with Gasteiger partial charge in [0.2, 0.25) is 0 Å². The van der Waals surface area contributed by atoms with Gasteiger partial charge in [-0.3, -0.25) is 10.1 Å². The minimum absolute atomic E-state index is 0.00708. The van der Waals surface area contributed by atoms with Gasteiger partial charge in [0.05, 0.1) is 27.2 Å². The highest BCUT2D eigenvalue weighted by Gasteiger charge is 2.42. The molecule has 140 valence electrons. The van der Waals surface area contributed by atoms with Crippen LogP contribution in [0.15, 0.2) is 48.6 Å². The molecule has 3 atom stereocenters. The number of nitrogens with zero attached hydrogens (tertiary/aromatic N) is 1. The molecule has 5 heteroatoms. The summed E-state index contributed by atoms with van der Waals surface area (Å²) >= 11 is 6.44. The molecule has 1 aliphatic heterocycles. The van der Waals surface area contributed by atoms with Crippen LogP contribution in [0, 0.1) is 16.0 Å². The minimum Gasteiger partial charge on any atom is -0.376 e. The molecule has 0 amide bonds. The van der Waals surface area contributed by atoms with Crippen LogP contribution in [-0.2, 0) is 5.41 Å². The van der Waals surface area contributed by atoms with E-state index in [2.05, 4.69) is 62.5 Å². The lowest BCUT2D eigenvalue weighted by molar-refractivity contribution is -0.385. The van der Waals surface area contributed by atoms with Gasteiger partial charge in [0, 0.05) is 12.0 Å². The van der Waals surface area contributed by atoms with E-state index in [1.807, 2.05) is 0 Å². The number of halogens is 1. The third kappa shape index (κ3) is 3.02. The lowest BCUT2D eigenvalue weighted by atomic mass is 9.76. The van der Waals surface area contributed by atoms with Crippen molar-refractivity contribution in [2.75, 3.05) is 5.32 Å². The van der Waals surface area contributed by atoms with Crippen molar-refractivity contribution < 1.29 is 4.92 Å². The molecule has 0 aromatic heterocycles. The van der Waals surface area contributed by atoms with Gasteiger partial charge < -0.3 is 5.32 Å². The van der Waals surface area contributed by atoms with E-state index in [1.54, 1.807) is 6.07 Å². The number of nitro groups is 1. The lowest BCUT2D eigenvalue weighted by Crippen LogP contribution is -2.30. The second-order valence-corrected chi connectivity index (χ2v) is 8.87. The fraction of sp³-hybridized carbons (Fsp3) is 0.364. The Labute approximate surface area is 164 Å². The Morgan fingerprint density at radius 2 is 1.85 bits per heavy atom. The Morgan fingerprint density at radius 3 is 2.48 bits per heavy atom. The van der Waals surface area contributed by atoms with Gasteiger partial charge in [0.1, 0.15) is 0 Å². The van der Waals surface area contributed by atoms with Gasteiger partial charge in [-0.15, -0.1) is 0 Å².